The number of rotatable bonds is 4. The normalized spacial score (nSPS) is 18.0. The molecule has 0 bridgehead atoms. The van der Waals surface area contributed by atoms with Crippen LogP contribution in [-0.4, -0.2) is 30.5 Å². The minimum Gasteiger partial charge on any atom is -0.355 e. The summed E-state index contributed by atoms with van der Waals surface area (Å²) in [4.78, 5) is 18.7. The standard InChI is InChI=1S/C19H21BrFN3O/c1-3-22-19(25)12(2)8-13-6-7-24(11-13)18-16(20)9-14-4-5-15(21)10-17(14)23-18/h4-5,8-10,13H,3,6-7,11H2,1-2H3,(H,22,25)/t13-/m0/s1. The van der Waals surface area contributed by atoms with Crippen molar-refractivity contribution in [3.05, 3.63) is 46.2 Å². The Morgan fingerprint density at radius 3 is 3.04 bits per heavy atom. The Labute approximate surface area is 155 Å². The number of nitrogens with zero attached hydrogens (tertiary/aromatic N) is 2. The van der Waals surface area contributed by atoms with Gasteiger partial charge in [-0.3, -0.25) is 4.79 Å². The number of hydrogen-bond donors (Lipinski definition) is 1. The van der Waals surface area contributed by atoms with Crippen molar-refractivity contribution in [1.82, 2.24) is 10.3 Å². The van der Waals surface area contributed by atoms with Crippen molar-refractivity contribution in [2.45, 2.75) is 20.3 Å². The van der Waals surface area contributed by atoms with Crippen molar-refractivity contribution in [2.24, 2.45) is 5.92 Å². The van der Waals surface area contributed by atoms with Gasteiger partial charge in [0.1, 0.15) is 11.6 Å². The molecule has 6 heteroatoms. The summed E-state index contributed by atoms with van der Waals surface area (Å²) < 4.78 is 14.4. The van der Waals surface area contributed by atoms with Crippen molar-refractivity contribution in [1.29, 1.82) is 0 Å². The van der Waals surface area contributed by atoms with E-state index in [-0.39, 0.29) is 11.7 Å². The quantitative estimate of drug-likeness (QED) is 0.780. The van der Waals surface area contributed by atoms with E-state index in [0.717, 1.165) is 40.8 Å². The molecule has 1 aliphatic rings. The van der Waals surface area contributed by atoms with Crippen LogP contribution in [0.5, 0.6) is 0 Å². The van der Waals surface area contributed by atoms with E-state index in [1.807, 2.05) is 26.0 Å². The molecule has 0 aliphatic carbocycles. The number of hydrogen-bond acceptors (Lipinski definition) is 3. The molecule has 0 saturated carbocycles. The van der Waals surface area contributed by atoms with Gasteiger partial charge in [-0.15, -0.1) is 0 Å². The average molecular weight is 406 g/mol. The summed E-state index contributed by atoms with van der Waals surface area (Å²) >= 11 is 3.58. The van der Waals surface area contributed by atoms with E-state index in [9.17, 15) is 9.18 Å². The lowest BCUT2D eigenvalue weighted by atomic mass is 10.1. The maximum absolute atomic E-state index is 13.5. The van der Waals surface area contributed by atoms with Gasteiger partial charge in [-0.1, -0.05) is 6.08 Å². The van der Waals surface area contributed by atoms with Crippen LogP contribution in [0.3, 0.4) is 0 Å². The lowest BCUT2D eigenvalue weighted by molar-refractivity contribution is -0.117. The van der Waals surface area contributed by atoms with E-state index >= 15 is 0 Å². The van der Waals surface area contributed by atoms with Crippen LogP contribution in [0, 0.1) is 11.7 Å². The molecule has 1 aromatic heterocycles. The summed E-state index contributed by atoms with van der Waals surface area (Å²) in [6.07, 6.45) is 3.01. The second-order valence-corrected chi connectivity index (χ2v) is 7.19. The van der Waals surface area contributed by atoms with Gasteiger partial charge >= 0.3 is 0 Å². The topological polar surface area (TPSA) is 45.2 Å². The van der Waals surface area contributed by atoms with Gasteiger partial charge in [0.15, 0.2) is 0 Å². The number of likely N-dealkylation sites (N-methyl/N-ethyl adjacent to an activating group) is 1. The van der Waals surface area contributed by atoms with Crippen molar-refractivity contribution in [2.75, 3.05) is 24.5 Å². The lowest BCUT2D eigenvalue weighted by Crippen LogP contribution is -2.24. The van der Waals surface area contributed by atoms with Crippen LogP contribution in [0.4, 0.5) is 10.2 Å². The van der Waals surface area contributed by atoms with E-state index in [1.54, 1.807) is 6.07 Å². The number of pyridine rings is 1. The van der Waals surface area contributed by atoms with E-state index in [0.29, 0.717) is 18.0 Å². The summed E-state index contributed by atoms with van der Waals surface area (Å²) in [6, 6.07) is 6.60. The lowest BCUT2D eigenvalue weighted by Gasteiger charge is -2.19. The number of nitrogens with one attached hydrogen (secondary N) is 1. The molecule has 1 atom stereocenters. The Hall–Kier alpha value is -1.95. The molecule has 4 nitrogen and oxygen atoms in total. The monoisotopic (exact) mass is 405 g/mol. The molecule has 0 spiro atoms. The molecule has 0 radical (unpaired) electrons. The number of carbonyl (C=O) groups excluding carboxylic acids is 1. The van der Waals surface area contributed by atoms with Crippen LogP contribution in [0.15, 0.2) is 40.4 Å². The molecular weight excluding hydrogens is 385 g/mol. The highest BCUT2D eigenvalue weighted by molar-refractivity contribution is 9.10. The highest BCUT2D eigenvalue weighted by Crippen LogP contribution is 2.32. The number of amides is 1. The smallest absolute Gasteiger partial charge is 0.246 e. The number of anilines is 1. The summed E-state index contributed by atoms with van der Waals surface area (Å²) in [5, 5.41) is 3.72. The molecular formula is C19H21BrFN3O. The SMILES string of the molecule is CCNC(=O)C(C)=C[C@@H]1CCN(c2nc3cc(F)ccc3cc2Br)C1. The summed E-state index contributed by atoms with van der Waals surface area (Å²) in [6.45, 7) is 6.04. The van der Waals surface area contributed by atoms with Gasteiger partial charge in [0.05, 0.1) is 9.99 Å². The zero-order valence-electron chi connectivity index (χ0n) is 14.4. The summed E-state index contributed by atoms with van der Waals surface area (Å²) in [5.41, 5.74) is 1.40. The highest BCUT2D eigenvalue weighted by Gasteiger charge is 2.24. The van der Waals surface area contributed by atoms with Gasteiger partial charge in [-0.2, -0.15) is 0 Å². The van der Waals surface area contributed by atoms with Crippen LogP contribution in [0.25, 0.3) is 10.9 Å². The molecule has 1 amide bonds. The van der Waals surface area contributed by atoms with Gasteiger partial charge < -0.3 is 10.2 Å². The summed E-state index contributed by atoms with van der Waals surface area (Å²) in [7, 11) is 0. The molecule has 1 aromatic carbocycles. The fraction of sp³-hybridized carbons (Fsp3) is 0.368. The van der Waals surface area contributed by atoms with Crippen LogP contribution in [-0.2, 0) is 4.79 Å². The first-order chi connectivity index (χ1) is 12.0. The van der Waals surface area contributed by atoms with Crippen LogP contribution in [0.2, 0.25) is 0 Å². The maximum atomic E-state index is 13.5. The fourth-order valence-corrected chi connectivity index (χ4v) is 3.76. The van der Waals surface area contributed by atoms with Crippen LogP contribution >= 0.6 is 15.9 Å². The Balaban J connectivity index is 1.80. The summed E-state index contributed by atoms with van der Waals surface area (Å²) in [5.74, 6) is 0.832. The van der Waals surface area contributed by atoms with Crippen molar-refractivity contribution < 1.29 is 9.18 Å². The van der Waals surface area contributed by atoms with Gasteiger partial charge in [0, 0.05) is 36.7 Å². The first-order valence-electron chi connectivity index (χ1n) is 8.45. The minimum atomic E-state index is -0.284. The van der Waals surface area contributed by atoms with Crippen molar-refractivity contribution in [3.8, 4) is 0 Å². The first kappa shape index (κ1) is 17.9. The molecule has 2 heterocycles. The first-order valence-corrected chi connectivity index (χ1v) is 9.24. The Morgan fingerprint density at radius 1 is 1.48 bits per heavy atom. The van der Waals surface area contributed by atoms with Gasteiger partial charge in [0.2, 0.25) is 5.91 Å². The molecule has 0 unspecified atom stereocenters. The van der Waals surface area contributed by atoms with E-state index < -0.39 is 0 Å². The van der Waals surface area contributed by atoms with E-state index in [1.165, 1.54) is 12.1 Å². The zero-order valence-corrected chi connectivity index (χ0v) is 15.9. The van der Waals surface area contributed by atoms with Crippen molar-refractivity contribution >= 4 is 38.6 Å². The predicted octanol–water partition coefficient (Wildman–Crippen LogP) is 4.05. The maximum Gasteiger partial charge on any atom is 0.246 e. The molecule has 1 saturated heterocycles. The highest BCUT2D eigenvalue weighted by atomic mass is 79.9. The Kier molecular flexibility index (Phi) is 5.37. The third-order valence-corrected chi connectivity index (χ3v) is 5.00. The third kappa shape index (κ3) is 4.00. The second kappa shape index (κ2) is 7.52. The van der Waals surface area contributed by atoms with E-state index in [4.69, 9.17) is 0 Å². The van der Waals surface area contributed by atoms with Gasteiger partial charge in [0.25, 0.3) is 0 Å². The third-order valence-electron chi connectivity index (χ3n) is 4.42. The molecule has 1 aliphatic heterocycles. The number of aromatic nitrogens is 1. The molecule has 3 rings (SSSR count). The minimum absolute atomic E-state index is 0.0126. The number of halogens is 2. The Bertz CT molecular complexity index is 837. The van der Waals surface area contributed by atoms with Gasteiger partial charge in [-0.25, -0.2) is 9.37 Å². The largest absolute Gasteiger partial charge is 0.355 e. The fourth-order valence-electron chi connectivity index (χ4n) is 3.17. The predicted molar refractivity (Wildman–Crippen MR) is 102 cm³/mol. The molecule has 1 fully saturated rings. The molecule has 2 aromatic rings. The zero-order chi connectivity index (χ0) is 18.0. The van der Waals surface area contributed by atoms with E-state index in [2.05, 4.69) is 31.1 Å². The van der Waals surface area contributed by atoms with Crippen LogP contribution in [0.1, 0.15) is 20.3 Å². The van der Waals surface area contributed by atoms with Gasteiger partial charge in [-0.05, 0) is 60.3 Å². The van der Waals surface area contributed by atoms with Crippen molar-refractivity contribution in [3.63, 3.8) is 0 Å². The number of carbonyl (C=O) groups is 1. The molecule has 132 valence electrons. The van der Waals surface area contributed by atoms with Crippen LogP contribution < -0.4 is 10.2 Å². The molecule has 25 heavy (non-hydrogen) atoms. The Morgan fingerprint density at radius 2 is 2.28 bits per heavy atom. The number of benzene rings is 1. The average Bonchev–Trinajstić information content (AvgIpc) is 3.03. The molecule has 1 N–H and O–H groups in total. The number of fused-ring (bicyclic) bond motifs is 1. The second-order valence-electron chi connectivity index (χ2n) is 6.33.